The monoisotopic (exact) mass is 359 g/mol. The number of hydrogen-bond acceptors (Lipinski definition) is 2. The zero-order valence-corrected chi connectivity index (χ0v) is 16.1. The summed E-state index contributed by atoms with van der Waals surface area (Å²) in [6.45, 7) is 8.19. The number of nitrogens with one attached hydrogen (secondary N) is 1. The Morgan fingerprint density at radius 3 is 2.28 bits per heavy atom. The summed E-state index contributed by atoms with van der Waals surface area (Å²) in [5, 5.41) is 3.77. The number of aryl methyl sites for hydroxylation is 2. The Kier molecular flexibility index (Phi) is 6.89. The third-order valence-corrected chi connectivity index (χ3v) is 4.67. The van der Waals surface area contributed by atoms with Crippen LogP contribution in [0.25, 0.3) is 0 Å². The third-order valence-electron chi connectivity index (χ3n) is 4.41. The van der Waals surface area contributed by atoms with Crippen LogP contribution in [0.5, 0.6) is 5.75 Å². The van der Waals surface area contributed by atoms with Gasteiger partial charge in [0.25, 0.3) is 5.91 Å². The fourth-order valence-corrected chi connectivity index (χ4v) is 2.79. The van der Waals surface area contributed by atoms with Crippen LogP contribution >= 0.6 is 11.6 Å². The van der Waals surface area contributed by atoms with Crippen LogP contribution in [0.4, 0.5) is 0 Å². The van der Waals surface area contributed by atoms with Crippen molar-refractivity contribution >= 4 is 17.5 Å². The van der Waals surface area contributed by atoms with Gasteiger partial charge in [-0.25, -0.2) is 0 Å². The van der Waals surface area contributed by atoms with Crippen LogP contribution in [0.1, 0.15) is 49.4 Å². The quantitative estimate of drug-likeness (QED) is 0.720. The van der Waals surface area contributed by atoms with Gasteiger partial charge < -0.3 is 10.1 Å². The summed E-state index contributed by atoms with van der Waals surface area (Å²) in [6, 6.07) is 13.4. The van der Waals surface area contributed by atoms with Crippen molar-refractivity contribution in [2.24, 2.45) is 0 Å². The van der Waals surface area contributed by atoms with Crippen molar-refractivity contribution in [3.63, 3.8) is 0 Å². The van der Waals surface area contributed by atoms with Gasteiger partial charge in [0, 0.05) is 5.02 Å². The average molecular weight is 360 g/mol. The Morgan fingerprint density at radius 1 is 1.04 bits per heavy atom. The van der Waals surface area contributed by atoms with Crippen LogP contribution in [0.15, 0.2) is 42.5 Å². The molecule has 0 fully saturated rings. The van der Waals surface area contributed by atoms with E-state index in [4.69, 9.17) is 16.3 Å². The first-order chi connectivity index (χ1) is 11.9. The van der Waals surface area contributed by atoms with Gasteiger partial charge in [0.05, 0.1) is 6.04 Å². The summed E-state index contributed by atoms with van der Waals surface area (Å²) in [5.41, 5.74) is 3.61. The van der Waals surface area contributed by atoms with Gasteiger partial charge in [0.2, 0.25) is 0 Å². The van der Waals surface area contributed by atoms with Crippen molar-refractivity contribution in [2.45, 2.75) is 52.7 Å². The number of carbonyl (C=O) groups is 1. The number of ether oxygens (including phenoxy) is 1. The van der Waals surface area contributed by atoms with Gasteiger partial charge in [-0.1, -0.05) is 43.6 Å². The normalized spacial score (nSPS) is 13.2. The lowest BCUT2D eigenvalue weighted by Crippen LogP contribution is -2.40. The molecule has 0 spiro atoms. The van der Waals surface area contributed by atoms with E-state index in [1.54, 1.807) is 24.3 Å². The number of amides is 1. The van der Waals surface area contributed by atoms with Crippen LogP contribution in [-0.4, -0.2) is 12.0 Å². The molecular formula is C21H26ClNO2. The van der Waals surface area contributed by atoms with Gasteiger partial charge in [-0.3, -0.25) is 4.79 Å². The Labute approximate surface area is 155 Å². The van der Waals surface area contributed by atoms with Crippen molar-refractivity contribution in [2.75, 3.05) is 0 Å². The summed E-state index contributed by atoms with van der Waals surface area (Å²) in [5.74, 6) is 0.549. The summed E-state index contributed by atoms with van der Waals surface area (Å²) >= 11 is 5.89. The van der Waals surface area contributed by atoms with E-state index in [1.165, 1.54) is 11.1 Å². The van der Waals surface area contributed by atoms with E-state index < -0.39 is 6.10 Å². The largest absolute Gasteiger partial charge is 0.481 e. The van der Waals surface area contributed by atoms with Gasteiger partial charge >= 0.3 is 0 Å². The summed E-state index contributed by atoms with van der Waals surface area (Å²) in [4.78, 5) is 12.7. The second-order valence-electron chi connectivity index (χ2n) is 6.28. The molecule has 2 atom stereocenters. The van der Waals surface area contributed by atoms with Crippen molar-refractivity contribution < 1.29 is 9.53 Å². The molecule has 0 bridgehead atoms. The minimum absolute atomic E-state index is 0.0188. The average Bonchev–Trinajstić information content (AvgIpc) is 2.61. The molecule has 0 saturated carbocycles. The Bertz CT molecular complexity index is 712. The topological polar surface area (TPSA) is 38.3 Å². The van der Waals surface area contributed by atoms with E-state index in [0.717, 1.165) is 12.0 Å². The third kappa shape index (κ3) is 5.23. The van der Waals surface area contributed by atoms with Crippen molar-refractivity contribution in [3.05, 3.63) is 64.2 Å². The minimum atomic E-state index is -0.526. The molecule has 1 amide bonds. The van der Waals surface area contributed by atoms with Crippen molar-refractivity contribution in [1.29, 1.82) is 0 Å². The van der Waals surface area contributed by atoms with E-state index in [0.29, 0.717) is 17.2 Å². The second kappa shape index (κ2) is 8.91. The Morgan fingerprint density at radius 2 is 1.72 bits per heavy atom. The molecule has 0 unspecified atom stereocenters. The zero-order valence-electron chi connectivity index (χ0n) is 15.3. The van der Waals surface area contributed by atoms with E-state index in [9.17, 15) is 4.79 Å². The predicted octanol–water partition coefficient (Wildman–Crippen LogP) is 5.38. The number of benzene rings is 2. The smallest absolute Gasteiger partial charge is 0.261 e. The lowest BCUT2D eigenvalue weighted by Gasteiger charge is -2.23. The van der Waals surface area contributed by atoms with Gasteiger partial charge in [-0.2, -0.15) is 0 Å². The fraction of sp³-hybridized carbons (Fsp3) is 0.381. The zero-order chi connectivity index (χ0) is 18.4. The SMILES string of the molecule is CC[C@@H](Oc1ccc(Cl)cc1)C(=O)N[C@H](CC)c1ccc(C)c(C)c1. The molecular weight excluding hydrogens is 334 g/mol. The molecule has 25 heavy (non-hydrogen) atoms. The minimum Gasteiger partial charge on any atom is -0.481 e. The van der Waals surface area contributed by atoms with Gasteiger partial charge in [0.1, 0.15) is 5.75 Å². The molecule has 0 radical (unpaired) electrons. The standard InChI is InChI=1S/C21H26ClNO2/c1-5-19(16-8-7-14(3)15(4)13-16)23-21(24)20(6-2)25-18-11-9-17(22)10-12-18/h7-13,19-20H,5-6H2,1-4H3,(H,23,24)/t19-,20-/m1/s1. The molecule has 3 nitrogen and oxygen atoms in total. The number of hydrogen-bond donors (Lipinski definition) is 1. The van der Waals surface area contributed by atoms with Crippen LogP contribution < -0.4 is 10.1 Å². The number of carbonyl (C=O) groups excluding carboxylic acids is 1. The first kappa shape index (κ1) is 19.3. The first-order valence-electron chi connectivity index (χ1n) is 8.74. The van der Waals surface area contributed by atoms with Crippen LogP contribution in [-0.2, 0) is 4.79 Å². The van der Waals surface area contributed by atoms with Crippen LogP contribution in [0.2, 0.25) is 5.02 Å². The first-order valence-corrected chi connectivity index (χ1v) is 9.12. The maximum absolute atomic E-state index is 12.7. The van der Waals surface area contributed by atoms with E-state index in [-0.39, 0.29) is 11.9 Å². The highest BCUT2D eigenvalue weighted by molar-refractivity contribution is 6.30. The Balaban J connectivity index is 2.08. The molecule has 0 aliphatic heterocycles. The molecule has 0 aliphatic carbocycles. The molecule has 2 aromatic rings. The lowest BCUT2D eigenvalue weighted by atomic mass is 9.99. The fourth-order valence-electron chi connectivity index (χ4n) is 2.67. The van der Waals surface area contributed by atoms with Gasteiger partial charge in [0.15, 0.2) is 6.10 Å². The van der Waals surface area contributed by atoms with Crippen LogP contribution in [0, 0.1) is 13.8 Å². The molecule has 4 heteroatoms. The Hall–Kier alpha value is -2.00. The summed E-state index contributed by atoms with van der Waals surface area (Å²) in [7, 11) is 0. The lowest BCUT2D eigenvalue weighted by molar-refractivity contribution is -0.128. The number of rotatable bonds is 7. The molecule has 1 N–H and O–H groups in total. The second-order valence-corrected chi connectivity index (χ2v) is 6.72. The van der Waals surface area contributed by atoms with E-state index in [1.807, 2.05) is 6.92 Å². The van der Waals surface area contributed by atoms with Crippen LogP contribution in [0.3, 0.4) is 0 Å². The van der Waals surface area contributed by atoms with Gasteiger partial charge in [-0.15, -0.1) is 0 Å². The molecule has 2 aromatic carbocycles. The molecule has 0 aromatic heterocycles. The van der Waals surface area contributed by atoms with Crippen molar-refractivity contribution in [3.8, 4) is 5.75 Å². The van der Waals surface area contributed by atoms with E-state index in [2.05, 4.69) is 44.3 Å². The van der Waals surface area contributed by atoms with E-state index >= 15 is 0 Å². The highest BCUT2D eigenvalue weighted by atomic mass is 35.5. The summed E-state index contributed by atoms with van der Waals surface area (Å²) in [6.07, 6.45) is 0.894. The van der Waals surface area contributed by atoms with Crippen molar-refractivity contribution in [1.82, 2.24) is 5.32 Å². The molecule has 134 valence electrons. The van der Waals surface area contributed by atoms with Gasteiger partial charge in [-0.05, 0) is 67.6 Å². The highest BCUT2D eigenvalue weighted by Gasteiger charge is 2.22. The molecule has 0 aliphatic rings. The predicted molar refractivity (Wildman–Crippen MR) is 103 cm³/mol. The molecule has 0 heterocycles. The maximum atomic E-state index is 12.7. The molecule has 0 saturated heterocycles. The number of halogens is 1. The summed E-state index contributed by atoms with van der Waals surface area (Å²) < 4.78 is 5.83. The molecule has 2 rings (SSSR count). The highest BCUT2D eigenvalue weighted by Crippen LogP contribution is 2.21. The maximum Gasteiger partial charge on any atom is 0.261 e.